The maximum Gasteiger partial charge on any atom is 0.488 e. The van der Waals surface area contributed by atoms with Crippen LogP contribution in [0, 0.1) is 12.3 Å². The average molecular weight is 212 g/mol. The highest BCUT2D eigenvalue weighted by atomic mass is 16.4. The lowest BCUT2D eigenvalue weighted by Gasteiger charge is -2.01. The number of rotatable bonds is 4. The molecule has 0 aliphatic rings. The molecule has 1 rings (SSSR count). The van der Waals surface area contributed by atoms with E-state index in [0.717, 1.165) is 12.0 Å². The summed E-state index contributed by atoms with van der Waals surface area (Å²) in [6.45, 7) is 0. The van der Waals surface area contributed by atoms with Crippen LogP contribution in [0.3, 0.4) is 0 Å². The molecule has 16 heavy (non-hydrogen) atoms. The standard InChI is InChI=1S/C13H13BO2/c1-2-3-4-5-6-8-12-9-7-10-13(11-12)14(15)16/h1,3-7,9-11,15-16H,8H2/b4-3-,6-5-. The Morgan fingerprint density at radius 2 is 2.12 bits per heavy atom. The van der Waals surface area contributed by atoms with Gasteiger partial charge in [0.15, 0.2) is 0 Å². The molecule has 0 spiro atoms. The Balaban J connectivity index is 2.61. The van der Waals surface area contributed by atoms with Crippen LogP contribution in [0.4, 0.5) is 0 Å². The number of benzene rings is 1. The largest absolute Gasteiger partial charge is 0.488 e. The van der Waals surface area contributed by atoms with E-state index in [-0.39, 0.29) is 0 Å². The lowest BCUT2D eigenvalue weighted by Crippen LogP contribution is -2.29. The molecule has 0 saturated heterocycles. The molecule has 0 heterocycles. The lowest BCUT2D eigenvalue weighted by molar-refractivity contribution is 0.425. The molecular formula is C13H13BO2. The highest BCUT2D eigenvalue weighted by Crippen LogP contribution is 1.99. The quantitative estimate of drug-likeness (QED) is 0.437. The Kier molecular flexibility index (Phi) is 5.14. The van der Waals surface area contributed by atoms with Crippen molar-refractivity contribution in [1.82, 2.24) is 0 Å². The molecule has 0 radical (unpaired) electrons. The van der Waals surface area contributed by atoms with Gasteiger partial charge in [-0.25, -0.2) is 0 Å². The molecule has 0 atom stereocenters. The number of hydrogen-bond donors (Lipinski definition) is 2. The molecule has 0 saturated carbocycles. The number of allylic oxidation sites excluding steroid dienone is 4. The van der Waals surface area contributed by atoms with Gasteiger partial charge in [0.05, 0.1) is 0 Å². The van der Waals surface area contributed by atoms with Crippen molar-refractivity contribution in [1.29, 1.82) is 0 Å². The highest BCUT2D eigenvalue weighted by Gasteiger charge is 2.09. The summed E-state index contributed by atoms with van der Waals surface area (Å²) >= 11 is 0. The molecule has 2 nitrogen and oxygen atoms in total. The van der Waals surface area contributed by atoms with E-state index in [1.54, 1.807) is 30.4 Å². The third-order valence-electron chi connectivity index (χ3n) is 2.04. The van der Waals surface area contributed by atoms with Crippen molar-refractivity contribution >= 4 is 12.6 Å². The Bertz CT molecular complexity index is 428. The molecule has 0 aromatic heterocycles. The van der Waals surface area contributed by atoms with Gasteiger partial charge < -0.3 is 10.0 Å². The molecule has 0 bridgehead atoms. The van der Waals surface area contributed by atoms with E-state index < -0.39 is 7.12 Å². The van der Waals surface area contributed by atoms with Gasteiger partial charge in [-0.15, -0.1) is 6.42 Å². The molecule has 0 aliphatic heterocycles. The van der Waals surface area contributed by atoms with Crippen molar-refractivity contribution in [3.05, 3.63) is 54.1 Å². The van der Waals surface area contributed by atoms with Crippen molar-refractivity contribution in [2.24, 2.45) is 0 Å². The van der Waals surface area contributed by atoms with Gasteiger partial charge in [-0.05, 0) is 23.5 Å². The summed E-state index contributed by atoms with van der Waals surface area (Å²) < 4.78 is 0. The van der Waals surface area contributed by atoms with Crippen LogP contribution in [-0.2, 0) is 6.42 Å². The lowest BCUT2D eigenvalue weighted by atomic mass is 9.79. The minimum absolute atomic E-state index is 0.505. The maximum absolute atomic E-state index is 8.99. The van der Waals surface area contributed by atoms with Crippen molar-refractivity contribution in [2.75, 3.05) is 0 Å². The predicted octanol–water partition coefficient (Wildman–Crippen LogP) is 0.654. The second kappa shape index (κ2) is 6.68. The zero-order valence-corrected chi connectivity index (χ0v) is 8.88. The Morgan fingerprint density at radius 1 is 1.31 bits per heavy atom. The van der Waals surface area contributed by atoms with E-state index in [1.165, 1.54) is 0 Å². The molecule has 3 heteroatoms. The van der Waals surface area contributed by atoms with Crippen molar-refractivity contribution in [2.45, 2.75) is 6.42 Å². The molecule has 0 aliphatic carbocycles. The first kappa shape index (κ1) is 12.3. The van der Waals surface area contributed by atoms with E-state index >= 15 is 0 Å². The van der Waals surface area contributed by atoms with Gasteiger partial charge in [0.2, 0.25) is 0 Å². The molecule has 0 amide bonds. The van der Waals surface area contributed by atoms with Crippen molar-refractivity contribution in [3.8, 4) is 12.3 Å². The summed E-state index contributed by atoms with van der Waals surface area (Å²) in [4.78, 5) is 0. The minimum Gasteiger partial charge on any atom is -0.423 e. The van der Waals surface area contributed by atoms with Crippen molar-refractivity contribution in [3.63, 3.8) is 0 Å². The van der Waals surface area contributed by atoms with Crippen LogP contribution < -0.4 is 5.46 Å². The van der Waals surface area contributed by atoms with Gasteiger partial charge in [-0.3, -0.25) is 0 Å². The summed E-state index contributed by atoms with van der Waals surface area (Å²) in [7, 11) is -1.41. The fraction of sp³-hybridized carbons (Fsp3) is 0.0769. The van der Waals surface area contributed by atoms with Gasteiger partial charge in [-0.1, -0.05) is 48.4 Å². The summed E-state index contributed by atoms with van der Waals surface area (Å²) in [5.41, 5.74) is 1.53. The average Bonchev–Trinajstić information content (AvgIpc) is 2.29. The first-order chi connectivity index (χ1) is 7.74. The number of hydrogen-bond acceptors (Lipinski definition) is 2. The van der Waals surface area contributed by atoms with Gasteiger partial charge in [-0.2, -0.15) is 0 Å². The van der Waals surface area contributed by atoms with Crippen LogP contribution in [0.15, 0.2) is 48.6 Å². The van der Waals surface area contributed by atoms with E-state index in [9.17, 15) is 0 Å². The van der Waals surface area contributed by atoms with Crippen LogP contribution in [-0.4, -0.2) is 17.2 Å². The third-order valence-corrected chi connectivity index (χ3v) is 2.04. The van der Waals surface area contributed by atoms with Gasteiger partial charge in [0.25, 0.3) is 0 Å². The first-order valence-corrected chi connectivity index (χ1v) is 4.97. The molecule has 0 unspecified atom stereocenters. The minimum atomic E-state index is -1.41. The fourth-order valence-corrected chi connectivity index (χ4v) is 1.27. The van der Waals surface area contributed by atoms with Crippen LogP contribution in [0.2, 0.25) is 0 Å². The molecule has 80 valence electrons. The van der Waals surface area contributed by atoms with E-state index in [0.29, 0.717) is 5.46 Å². The van der Waals surface area contributed by atoms with E-state index in [4.69, 9.17) is 16.5 Å². The van der Waals surface area contributed by atoms with Crippen LogP contribution >= 0.6 is 0 Å². The molecule has 0 fully saturated rings. The Morgan fingerprint density at radius 3 is 2.81 bits per heavy atom. The van der Waals surface area contributed by atoms with Crippen LogP contribution in [0.25, 0.3) is 0 Å². The molecule has 1 aromatic carbocycles. The topological polar surface area (TPSA) is 40.5 Å². The van der Waals surface area contributed by atoms with Gasteiger partial charge >= 0.3 is 7.12 Å². The van der Waals surface area contributed by atoms with Crippen molar-refractivity contribution < 1.29 is 10.0 Å². The summed E-state index contributed by atoms with van der Waals surface area (Å²) in [6.07, 6.45) is 13.0. The first-order valence-electron chi connectivity index (χ1n) is 4.97. The van der Waals surface area contributed by atoms with Crippen LogP contribution in [0.5, 0.6) is 0 Å². The normalized spacial score (nSPS) is 10.8. The second-order valence-electron chi connectivity index (χ2n) is 3.28. The van der Waals surface area contributed by atoms with Crippen LogP contribution in [0.1, 0.15) is 5.56 Å². The smallest absolute Gasteiger partial charge is 0.423 e. The zero-order chi connectivity index (χ0) is 11.8. The zero-order valence-electron chi connectivity index (χ0n) is 8.88. The monoisotopic (exact) mass is 212 g/mol. The number of terminal acetylenes is 1. The molecular weight excluding hydrogens is 199 g/mol. The SMILES string of the molecule is C#C/C=C\C=C/Cc1cccc(B(O)O)c1. The fourth-order valence-electron chi connectivity index (χ4n) is 1.27. The predicted molar refractivity (Wildman–Crippen MR) is 67.1 cm³/mol. The Hall–Kier alpha value is -1.76. The maximum atomic E-state index is 8.99. The highest BCUT2D eigenvalue weighted by molar-refractivity contribution is 6.58. The second-order valence-corrected chi connectivity index (χ2v) is 3.28. The Labute approximate surface area is 96.1 Å². The molecule has 2 N–H and O–H groups in total. The third kappa shape index (κ3) is 4.18. The summed E-state index contributed by atoms with van der Waals surface area (Å²) in [6, 6.07) is 7.17. The molecule has 1 aromatic rings. The van der Waals surface area contributed by atoms with Gasteiger partial charge in [0, 0.05) is 0 Å². The van der Waals surface area contributed by atoms with E-state index in [2.05, 4.69) is 5.92 Å². The van der Waals surface area contributed by atoms with E-state index in [1.807, 2.05) is 18.2 Å². The summed E-state index contributed by atoms with van der Waals surface area (Å²) in [5.74, 6) is 2.39. The van der Waals surface area contributed by atoms with Gasteiger partial charge in [0.1, 0.15) is 0 Å². The summed E-state index contributed by atoms with van der Waals surface area (Å²) in [5, 5.41) is 18.0.